The lowest BCUT2D eigenvalue weighted by Gasteiger charge is -2.03. The summed E-state index contributed by atoms with van der Waals surface area (Å²) in [5.74, 6) is 0.630. The third-order valence-electron chi connectivity index (χ3n) is 1.78. The minimum absolute atomic E-state index is 0.00382. The van der Waals surface area contributed by atoms with Crippen LogP contribution in [0.2, 0.25) is 0 Å². The first kappa shape index (κ1) is 13.0. The van der Waals surface area contributed by atoms with Crippen molar-refractivity contribution in [1.82, 2.24) is 0 Å². The normalized spacial score (nSPS) is 10.3. The zero-order valence-corrected chi connectivity index (χ0v) is 9.48. The quantitative estimate of drug-likeness (QED) is 0.341. The number of hydrogen-bond acceptors (Lipinski definition) is 5. The van der Waals surface area contributed by atoms with E-state index in [0.29, 0.717) is 23.9 Å². The zero-order chi connectivity index (χ0) is 11.8. The molecule has 1 aromatic rings. The average molecular weight is 243 g/mol. The topological polar surface area (TPSA) is 72.6 Å². The van der Waals surface area contributed by atoms with Gasteiger partial charge in [0.15, 0.2) is 0 Å². The SMILES string of the molecule is O=[N+]([O-])c1ccccc1SCCOCCO. The van der Waals surface area contributed by atoms with E-state index in [-0.39, 0.29) is 12.3 Å². The fourth-order valence-corrected chi connectivity index (χ4v) is 1.99. The molecule has 0 unspecified atom stereocenters. The summed E-state index contributed by atoms with van der Waals surface area (Å²) >= 11 is 1.38. The Bertz CT molecular complexity index is 345. The van der Waals surface area contributed by atoms with Crippen molar-refractivity contribution in [3.05, 3.63) is 34.4 Å². The molecule has 6 heteroatoms. The van der Waals surface area contributed by atoms with Gasteiger partial charge in [-0.15, -0.1) is 11.8 Å². The van der Waals surface area contributed by atoms with Crippen molar-refractivity contribution in [3.8, 4) is 0 Å². The van der Waals surface area contributed by atoms with E-state index >= 15 is 0 Å². The van der Waals surface area contributed by atoms with Gasteiger partial charge in [-0.3, -0.25) is 10.1 Å². The number of nitro groups is 1. The molecule has 88 valence electrons. The Morgan fingerprint density at radius 1 is 1.38 bits per heavy atom. The predicted octanol–water partition coefficient (Wildman–Crippen LogP) is 1.70. The van der Waals surface area contributed by atoms with Crippen LogP contribution in [-0.4, -0.2) is 35.6 Å². The molecule has 0 atom stereocenters. The second kappa shape index (κ2) is 7.21. The highest BCUT2D eigenvalue weighted by Crippen LogP contribution is 2.28. The Hall–Kier alpha value is -1.11. The predicted molar refractivity (Wildman–Crippen MR) is 61.7 cm³/mol. The lowest BCUT2D eigenvalue weighted by molar-refractivity contribution is -0.387. The third-order valence-corrected chi connectivity index (χ3v) is 2.81. The van der Waals surface area contributed by atoms with E-state index < -0.39 is 4.92 Å². The summed E-state index contributed by atoms with van der Waals surface area (Å²) in [7, 11) is 0. The second-order valence-electron chi connectivity index (χ2n) is 2.91. The maximum absolute atomic E-state index is 10.7. The summed E-state index contributed by atoms with van der Waals surface area (Å²) in [6.07, 6.45) is 0. The fourth-order valence-electron chi connectivity index (χ4n) is 1.11. The summed E-state index contributed by atoms with van der Waals surface area (Å²) < 4.78 is 5.06. The van der Waals surface area contributed by atoms with Crippen LogP contribution in [0, 0.1) is 10.1 Å². The van der Waals surface area contributed by atoms with E-state index in [9.17, 15) is 10.1 Å². The standard InChI is InChI=1S/C10H13NO4S/c12-5-6-15-7-8-16-10-4-2-1-3-9(10)11(13)14/h1-4,12H,5-8H2. The third kappa shape index (κ3) is 4.18. The molecule has 0 radical (unpaired) electrons. The molecule has 0 aliphatic heterocycles. The molecule has 0 aliphatic carbocycles. The van der Waals surface area contributed by atoms with Crippen molar-refractivity contribution in [2.75, 3.05) is 25.6 Å². The van der Waals surface area contributed by atoms with E-state index in [1.807, 2.05) is 0 Å². The van der Waals surface area contributed by atoms with Crippen LogP contribution in [0.5, 0.6) is 0 Å². The van der Waals surface area contributed by atoms with Gasteiger partial charge in [-0.05, 0) is 6.07 Å². The van der Waals surface area contributed by atoms with Crippen molar-refractivity contribution >= 4 is 17.4 Å². The summed E-state index contributed by atoms with van der Waals surface area (Å²) in [4.78, 5) is 10.9. The number of rotatable bonds is 7. The number of nitrogens with zero attached hydrogens (tertiary/aromatic N) is 1. The van der Waals surface area contributed by atoms with Crippen LogP contribution in [0.15, 0.2) is 29.2 Å². The first-order valence-corrected chi connectivity index (χ1v) is 5.79. The van der Waals surface area contributed by atoms with Crippen LogP contribution in [-0.2, 0) is 4.74 Å². The lowest BCUT2D eigenvalue weighted by Crippen LogP contribution is -2.02. The number of benzene rings is 1. The molecule has 0 fully saturated rings. The summed E-state index contributed by atoms with van der Waals surface area (Å²) in [6, 6.07) is 6.61. The molecular weight excluding hydrogens is 230 g/mol. The van der Waals surface area contributed by atoms with Crippen LogP contribution >= 0.6 is 11.8 Å². The van der Waals surface area contributed by atoms with Crippen molar-refractivity contribution in [2.45, 2.75) is 4.90 Å². The molecular formula is C10H13NO4S. The Balaban J connectivity index is 2.44. The molecule has 0 aliphatic rings. The molecule has 1 aromatic carbocycles. The molecule has 0 bridgehead atoms. The van der Waals surface area contributed by atoms with Crippen LogP contribution in [0.25, 0.3) is 0 Å². The van der Waals surface area contributed by atoms with Gasteiger partial charge >= 0.3 is 0 Å². The molecule has 0 heterocycles. The van der Waals surface area contributed by atoms with Crippen LogP contribution in [0.4, 0.5) is 5.69 Å². The molecule has 5 nitrogen and oxygen atoms in total. The second-order valence-corrected chi connectivity index (χ2v) is 4.05. The van der Waals surface area contributed by atoms with Crippen molar-refractivity contribution in [2.24, 2.45) is 0 Å². The Labute approximate surface area is 97.6 Å². The first-order chi connectivity index (χ1) is 7.75. The molecule has 0 spiro atoms. The fraction of sp³-hybridized carbons (Fsp3) is 0.400. The molecule has 0 saturated carbocycles. The number of aliphatic hydroxyl groups is 1. The molecule has 1 rings (SSSR count). The monoisotopic (exact) mass is 243 g/mol. The number of thioether (sulfide) groups is 1. The molecule has 1 N–H and O–H groups in total. The highest BCUT2D eigenvalue weighted by molar-refractivity contribution is 7.99. The van der Waals surface area contributed by atoms with Gasteiger partial charge in [0, 0.05) is 11.8 Å². The summed E-state index contributed by atoms with van der Waals surface area (Å²) in [6.45, 7) is 0.769. The van der Waals surface area contributed by atoms with E-state index in [4.69, 9.17) is 9.84 Å². The maximum atomic E-state index is 10.7. The van der Waals surface area contributed by atoms with Gasteiger partial charge in [0.2, 0.25) is 0 Å². The van der Waals surface area contributed by atoms with Gasteiger partial charge < -0.3 is 9.84 Å². The average Bonchev–Trinajstić information content (AvgIpc) is 2.29. The Morgan fingerprint density at radius 2 is 2.12 bits per heavy atom. The summed E-state index contributed by atoms with van der Waals surface area (Å²) in [5, 5.41) is 19.2. The van der Waals surface area contributed by atoms with Gasteiger partial charge in [0.25, 0.3) is 5.69 Å². The molecule has 0 aromatic heterocycles. The van der Waals surface area contributed by atoms with Crippen molar-refractivity contribution < 1.29 is 14.8 Å². The molecule has 0 saturated heterocycles. The van der Waals surface area contributed by atoms with Crippen LogP contribution < -0.4 is 0 Å². The van der Waals surface area contributed by atoms with Crippen LogP contribution in [0.3, 0.4) is 0 Å². The zero-order valence-electron chi connectivity index (χ0n) is 8.67. The number of nitro benzene ring substituents is 1. The highest BCUT2D eigenvalue weighted by atomic mass is 32.2. The van der Waals surface area contributed by atoms with Gasteiger partial charge in [0.1, 0.15) is 0 Å². The summed E-state index contributed by atoms with van der Waals surface area (Å²) in [5.41, 5.74) is 0.120. The minimum Gasteiger partial charge on any atom is -0.394 e. The van der Waals surface area contributed by atoms with E-state index in [0.717, 1.165) is 0 Å². The van der Waals surface area contributed by atoms with Gasteiger partial charge in [-0.1, -0.05) is 12.1 Å². The van der Waals surface area contributed by atoms with E-state index in [1.54, 1.807) is 18.2 Å². The van der Waals surface area contributed by atoms with Crippen molar-refractivity contribution in [3.63, 3.8) is 0 Å². The van der Waals surface area contributed by atoms with Gasteiger partial charge in [-0.25, -0.2) is 0 Å². The number of hydrogen-bond donors (Lipinski definition) is 1. The maximum Gasteiger partial charge on any atom is 0.282 e. The number of para-hydroxylation sites is 1. The largest absolute Gasteiger partial charge is 0.394 e. The highest BCUT2D eigenvalue weighted by Gasteiger charge is 2.11. The van der Waals surface area contributed by atoms with E-state index in [2.05, 4.69) is 0 Å². The van der Waals surface area contributed by atoms with Gasteiger partial charge in [0.05, 0.1) is 29.6 Å². The number of aliphatic hydroxyl groups excluding tert-OH is 1. The first-order valence-electron chi connectivity index (χ1n) is 4.80. The van der Waals surface area contributed by atoms with Crippen LogP contribution in [0.1, 0.15) is 0 Å². The Kier molecular flexibility index (Phi) is 5.84. The molecule has 0 amide bonds. The van der Waals surface area contributed by atoms with E-state index in [1.165, 1.54) is 17.8 Å². The minimum atomic E-state index is -0.392. The smallest absolute Gasteiger partial charge is 0.282 e. The van der Waals surface area contributed by atoms with Gasteiger partial charge in [-0.2, -0.15) is 0 Å². The number of ether oxygens (including phenoxy) is 1. The van der Waals surface area contributed by atoms with Crippen molar-refractivity contribution in [1.29, 1.82) is 0 Å². The lowest BCUT2D eigenvalue weighted by atomic mass is 10.3. The molecule has 16 heavy (non-hydrogen) atoms. The Morgan fingerprint density at radius 3 is 2.81 bits per heavy atom.